The number of carbonyl (C=O) groups is 1. The third-order valence-corrected chi connectivity index (χ3v) is 6.30. The number of nitrogens with one attached hydrogen (secondary N) is 1. The molecule has 1 heterocycles. The minimum absolute atomic E-state index is 0.241. The quantitative estimate of drug-likeness (QED) is 0.448. The molecule has 1 aliphatic heterocycles. The zero-order chi connectivity index (χ0) is 23.5. The van der Waals surface area contributed by atoms with Crippen molar-refractivity contribution in [2.24, 2.45) is 0 Å². The Bertz CT molecular complexity index is 1130. The summed E-state index contributed by atoms with van der Waals surface area (Å²) in [6.45, 7) is 4.97. The lowest BCUT2D eigenvalue weighted by molar-refractivity contribution is 0.0257. The highest BCUT2D eigenvalue weighted by molar-refractivity contribution is 5.93. The average Bonchev–Trinajstić information content (AvgIpc) is 3.18. The second-order valence-electron chi connectivity index (χ2n) is 9.48. The van der Waals surface area contributed by atoms with Crippen LogP contribution in [0.1, 0.15) is 47.3 Å². The van der Waals surface area contributed by atoms with E-state index < -0.39 is 5.60 Å². The molecule has 5 nitrogen and oxygen atoms in total. The Balaban J connectivity index is 1.58. The smallest absolute Gasteiger partial charge is 0.338 e. The molecule has 0 saturated carbocycles. The van der Waals surface area contributed by atoms with Crippen molar-refractivity contribution in [2.75, 3.05) is 19.0 Å². The number of hydrogen-bond donors (Lipinski definition) is 2. The fourth-order valence-corrected chi connectivity index (χ4v) is 4.67. The van der Waals surface area contributed by atoms with Crippen molar-refractivity contribution >= 4 is 11.7 Å². The van der Waals surface area contributed by atoms with Crippen LogP contribution < -0.4 is 10.1 Å². The molecule has 0 aromatic heterocycles. The summed E-state index contributed by atoms with van der Waals surface area (Å²) in [5.74, 6) is 0.490. The zero-order valence-corrected chi connectivity index (χ0v) is 19.4. The summed E-state index contributed by atoms with van der Waals surface area (Å²) in [5.41, 5.74) is 3.25. The van der Waals surface area contributed by atoms with Crippen LogP contribution >= 0.6 is 0 Å². The molecule has 2 N–H and O–H groups in total. The summed E-state index contributed by atoms with van der Waals surface area (Å²) < 4.78 is 10.5. The molecule has 0 radical (unpaired) electrons. The molecule has 0 spiro atoms. The molecular weight excluding hydrogens is 414 g/mol. The number of fused-ring (bicyclic) bond motifs is 1. The van der Waals surface area contributed by atoms with E-state index in [2.05, 4.69) is 31.3 Å². The van der Waals surface area contributed by atoms with Crippen molar-refractivity contribution in [2.45, 2.75) is 44.3 Å². The van der Waals surface area contributed by atoms with Gasteiger partial charge in [0, 0.05) is 24.2 Å². The van der Waals surface area contributed by atoms with Crippen LogP contribution in [0.3, 0.4) is 0 Å². The summed E-state index contributed by atoms with van der Waals surface area (Å²) in [4.78, 5) is 11.7. The van der Waals surface area contributed by atoms with E-state index in [4.69, 9.17) is 9.47 Å². The van der Waals surface area contributed by atoms with Gasteiger partial charge in [-0.2, -0.15) is 0 Å². The summed E-state index contributed by atoms with van der Waals surface area (Å²) >= 11 is 0. The second-order valence-corrected chi connectivity index (χ2v) is 9.48. The van der Waals surface area contributed by atoms with Crippen molar-refractivity contribution in [3.63, 3.8) is 0 Å². The van der Waals surface area contributed by atoms with Crippen LogP contribution in [0.2, 0.25) is 0 Å². The van der Waals surface area contributed by atoms with Crippen LogP contribution in [0, 0.1) is 0 Å². The summed E-state index contributed by atoms with van der Waals surface area (Å²) in [6, 6.07) is 23.7. The molecule has 1 unspecified atom stereocenters. The SMILES string of the molecule is COc1cccc(CC(O)(CNc2ccc3c(c2)COC3=O)CC(C)(C)c2ccccc2)c1. The number of anilines is 1. The summed E-state index contributed by atoms with van der Waals surface area (Å²) in [7, 11) is 1.65. The van der Waals surface area contributed by atoms with E-state index in [9.17, 15) is 9.90 Å². The van der Waals surface area contributed by atoms with E-state index in [1.165, 1.54) is 5.56 Å². The third-order valence-electron chi connectivity index (χ3n) is 6.30. The maximum absolute atomic E-state index is 11.9. The third kappa shape index (κ3) is 5.37. The number of aliphatic hydroxyl groups is 1. The molecule has 33 heavy (non-hydrogen) atoms. The monoisotopic (exact) mass is 445 g/mol. The van der Waals surface area contributed by atoms with E-state index in [1.54, 1.807) is 13.2 Å². The van der Waals surface area contributed by atoms with E-state index in [1.807, 2.05) is 54.6 Å². The van der Waals surface area contributed by atoms with Gasteiger partial charge in [0.2, 0.25) is 0 Å². The predicted octanol–water partition coefficient (Wildman–Crippen LogP) is 5.12. The van der Waals surface area contributed by atoms with Gasteiger partial charge in [-0.1, -0.05) is 56.3 Å². The van der Waals surface area contributed by atoms with Crippen LogP contribution in [0.15, 0.2) is 72.8 Å². The van der Waals surface area contributed by atoms with Crippen molar-refractivity contribution < 1.29 is 19.4 Å². The number of esters is 1. The standard InChI is InChI=1S/C28H31NO4/c1-27(2,22-9-5-4-6-10-22)18-28(31,16-20-8-7-11-24(14-20)32-3)19-29-23-12-13-25-21(15-23)17-33-26(25)30/h4-15,29,31H,16-19H2,1-3H3. The molecule has 0 amide bonds. The molecule has 4 rings (SSSR count). The number of hydrogen-bond acceptors (Lipinski definition) is 5. The van der Waals surface area contributed by atoms with Crippen LogP contribution in [-0.2, 0) is 23.2 Å². The molecule has 0 bridgehead atoms. The lowest BCUT2D eigenvalue weighted by Gasteiger charge is -2.37. The van der Waals surface area contributed by atoms with Crippen LogP contribution in [0.5, 0.6) is 5.75 Å². The van der Waals surface area contributed by atoms with Crippen LogP contribution in [-0.4, -0.2) is 30.3 Å². The van der Waals surface area contributed by atoms with Gasteiger partial charge in [0.25, 0.3) is 0 Å². The first kappa shape index (κ1) is 22.9. The predicted molar refractivity (Wildman–Crippen MR) is 130 cm³/mol. The molecule has 3 aromatic carbocycles. The van der Waals surface area contributed by atoms with Gasteiger partial charge in [0.1, 0.15) is 12.4 Å². The van der Waals surface area contributed by atoms with Gasteiger partial charge < -0.3 is 19.9 Å². The Labute approximate surface area is 195 Å². The van der Waals surface area contributed by atoms with Crippen molar-refractivity contribution in [3.05, 3.63) is 95.1 Å². The molecule has 0 fully saturated rings. The Morgan fingerprint density at radius 1 is 1.03 bits per heavy atom. The van der Waals surface area contributed by atoms with Gasteiger partial charge in [0.05, 0.1) is 18.3 Å². The van der Waals surface area contributed by atoms with Gasteiger partial charge >= 0.3 is 5.97 Å². The molecule has 1 aliphatic rings. The lowest BCUT2D eigenvalue weighted by atomic mass is 9.73. The summed E-state index contributed by atoms with van der Waals surface area (Å²) in [5, 5.41) is 15.3. The highest BCUT2D eigenvalue weighted by Crippen LogP contribution is 2.35. The molecular formula is C28H31NO4. The molecule has 0 aliphatic carbocycles. The van der Waals surface area contributed by atoms with Gasteiger partial charge in [-0.15, -0.1) is 0 Å². The number of ether oxygens (including phenoxy) is 2. The van der Waals surface area contributed by atoms with Gasteiger partial charge in [0.15, 0.2) is 0 Å². The maximum Gasteiger partial charge on any atom is 0.338 e. The van der Waals surface area contributed by atoms with E-state index in [0.717, 1.165) is 22.6 Å². The Hall–Kier alpha value is -3.31. The fourth-order valence-electron chi connectivity index (χ4n) is 4.67. The van der Waals surface area contributed by atoms with Gasteiger partial charge in [-0.05, 0) is 53.3 Å². The van der Waals surface area contributed by atoms with Crippen molar-refractivity contribution in [1.82, 2.24) is 0 Å². The first-order valence-electron chi connectivity index (χ1n) is 11.2. The molecule has 0 saturated heterocycles. The van der Waals surface area contributed by atoms with E-state index in [0.29, 0.717) is 31.6 Å². The number of rotatable bonds is 9. The van der Waals surface area contributed by atoms with Crippen molar-refractivity contribution in [3.8, 4) is 5.75 Å². The largest absolute Gasteiger partial charge is 0.497 e. The Morgan fingerprint density at radius 3 is 2.58 bits per heavy atom. The van der Waals surface area contributed by atoms with E-state index in [-0.39, 0.29) is 11.4 Å². The molecule has 1 atom stereocenters. The topological polar surface area (TPSA) is 67.8 Å². The first-order valence-corrected chi connectivity index (χ1v) is 11.2. The Kier molecular flexibility index (Phi) is 6.43. The normalized spacial score (nSPS) is 14.8. The highest BCUT2D eigenvalue weighted by Gasteiger charge is 2.36. The number of benzene rings is 3. The van der Waals surface area contributed by atoms with Crippen LogP contribution in [0.4, 0.5) is 5.69 Å². The highest BCUT2D eigenvalue weighted by atomic mass is 16.5. The molecule has 172 valence electrons. The average molecular weight is 446 g/mol. The maximum atomic E-state index is 11.9. The Morgan fingerprint density at radius 2 is 1.82 bits per heavy atom. The molecule has 3 aromatic rings. The lowest BCUT2D eigenvalue weighted by Crippen LogP contribution is -2.44. The van der Waals surface area contributed by atoms with Crippen LogP contribution in [0.25, 0.3) is 0 Å². The zero-order valence-electron chi connectivity index (χ0n) is 19.4. The van der Waals surface area contributed by atoms with Crippen molar-refractivity contribution in [1.29, 1.82) is 0 Å². The van der Waals surface area contributed by atoms with Gasteiger partial charge in [-0.3, -0.25) is 0 Å². The molecule has 5 heteroatoms. The number of cyclic esters (lactones) is 1. The number of carbonyl (C=O) groups excluding carboxylic acids is 1. The van der Waals surface area contributed by atoms with Gasteiger partial charge in [-0.25, -0.2) is 4.79 Å². The first-order chi connectivity index (χ1) is 15.8. The minimum Gasteiger partial charge on any atom is -0.497 e. The second kappa shape index (κ2) is 9.28. The number of methoxy groups -OCH3 is 1. The van der Waals surface area contributed by atoms with E-state index >= 15 is 0 Å². The minimum atomic E-state index is -1.03. The fraction of sp³-hybridized carbons (Fsp3) is 0.321. The summed E-state index contributed by atoms with van der Waals surface area (Å²) in [6.07, 6.45) is 1.03.